The van der Waals surface area contributed by atoms with Crippen LogP contribution in [0.3, 0.4) is 0 Å². The molecule has 33 heavy (non-hydrogen) atoms. The van der Waals surface area contributed by atoms with Crippen LogP contribution in [0, 0.1) is 0 Å². The molecule has 1 N–H and O–H groups in total. The van der Waals surface area contributed by atoms with E-state index in [0.29, 0.717) is 22.8 Å². The molecule has 0 aliphatic rings. The van der Waals surface area contributed by atoms with E-state index in [0.717, 1.165) is 0 Å². The lowest BCUT2D eigenvalue weighted by Crippen LogP contribution is -2.35. The van der Waals surface area contributed by atoms with Crippen LogP contribution >= 0.6 is 11.6 Å². The molecule has 2 aromatic heterocycles. The van der Waals surface area contributed by atoms with Crippen LogP contribution in [0.4, 0.5) is 11.5 Å². The molecule has 11 heteroatoms. The van der Waals surface area contributed by atoms with Gasteiger partial charge in [-0.3, -0.25) is 14.4 Å². The number of likely N-dealkylation sites (N-methyl/N-ethyl adjacent to an activating group) is 2. The Morgan fingerprint density at radius 3 is 2.55 bits per heavy atom. The lowest BCUT2D eigenvalue weighted by Gasteiger charge is -2.21. The van der Waals surface area contributed by atoms with Crippen LogP contribution in [0.15, 0.2) is 59.2 Å². The Labute approximate surface area is 195 Å². The molecule has 2 amide bonds. The third-order valence-corrected chi connectivity index (χ3v) is 4.82. The number of furan rings is 1. The van der Waals surface area contributed by atoms with Gasteiger partial charge in [-0.05, 0) is 36.4 Å². The molecule has 172 valence electrons. The van der Waals surface area contributed by atoms with E-state index in [4.69, 9.17) is 20.8 Å². The highest BCUT2D eigenvalue weighted by Crippen LogP contribution is 2.20. The molecule has 0 aliphatic heterocycles. The summed E-state index contributed by atoms with van der Waals surface area (Å²) in [4.78, 5) is 40.2. The van der Waals surface area contributed by atoms with Crippen molar-refractivity contribution in [2.75, 3.05) is 37.0 Å². The quantitative estimate of drug-likeness (QED) is 0.472. The molecule has 10 nitrogen and oxygen atoms in total. The molecule has 2 heterocycles. The van der Waals surface area contributed by atoms with Crippen molar-refractivity contribution in [3.05, 3.63) is 71.3 Å². The minimum Gasteiger partial charge on any atom is -0.467 e. The largest absolute Gasteiger partial charge is 0.467 e. The molecule has 0 unspecified atom stereocenters. The Morgan fingerprint density at radius 2 is 1.85 bits per heavy atom. The highest BCUT2D eigenvalue weighted by atomic mass is 35.5. The summed E-state index contributed by atoms with van der Waals surface area (Å²) in [5.41, 5.74) is 0.677. The second kappa shape index (κ2) is 11.1. The molecule has 3 rings (SSSR count). The fourth-order valence-electron chi connectivity index (χ4n) is 2.84. The normalized spacial score (nSPS) is 10.4. The van der Waals surface area contributed by atoms with Gasteiger partial charge in [0.15, 0.2) is 17.6 Å². The van der Waals surface area contributed by atoms with Gasteiger partial charge < -0.3 is 24.3 Å². The van der Waals surface area contributed by atoms with Crippen molar-refractivity contribution in [3.63, 3.8) is 0 Å². The smallest absolute Gasteiger partial charge is 0.326 e. The van der Waals surface area contributed by atoms with Crippen LogP contribution < -0.4 is 15.1 Å². The number of para-hydroxylation sites is 1. The zero-order valence-electron chi connectivity index (χ0n) is 18.0. The molecule has 1 aromatic carbocycles. The van der Waals surface area contributed by atoms with Gasteiger partial charge in [0.1, 0.15) is 12.3 Å². The summed E-state index contributed by atoms with van der Waals surface area (Å²) in [7, 11) is 3.13. The summed E-state index contributed by atoms with van der Waals surface area (Å²) < 4.78 is 10.3. The summed E-state index contributed by atoms with van der Waals surface area (Å²) in [6.07, 6.45) is 1.52. The minimum absolute atomic E-state index is 0.140. The van der Waals surface area contributed by atoms with Crippen molar-refractivity contribution in [1.82, 2.24) is 15.5 Å². The number of carbonyl (C=O) groups excluding carboxylic acids is 3. The predicted molar refractivity (Wildman–Crippen MR) is 121 cm³/mol. The summed E-state index contributed by atoms with van der Waals surface area (Å²) in [5.74, 6) is -0.464. The zero-order valence-corrected chi connectivity index (χ0v) is 18.8. The first-order valence-corrected chi connectivity index (χ1v) is 10.2. The van der Waals surface area contributed by atoms with Gasteiger partial charge in [0.25, 0.3) is 11.8 Å². The number of carbonyl (C=O) groups is 3. The Balaban J connectivity index is 1.55. The first-order chi connectivity index (χ1) is 15.8. The third-order valence-electron chi connectivity index (χ3n) is 4.62. The standard InChI is InChI=1S/C22H22ClN5O5/c1-27(19-10-9-18(23)25-26-19)13-21(30)33-14-20(29)28(2)17-8-4-3-7-16(17)22(31)24-12-15-6-5-11-32-15/h3-11H,12-14H2,1-2H3,(H,24,31). The average molecular weight is 472 g/mol. The molecule has 3 aromatic rings. The number of benzene rings is 1. The van der Waals surface area contributed by atoms with Gasteiger partial charge in [0, 0.05) is 14.1 Å². The number of rotatable bonds is 9. The molecule has 0 spiro atoms. The topological polar surface area (TPSA) is 118 Å². The van der Waals surface area contributed by atoms with Crippen molar-refractivity contribution in [2.45, 2.75) is 6.54 Å². The highest BCUT2D eigenvalue weighted by molar-refractivity contribution is 6.29. The number of nitrogens with zero attached hydrogens (tertiary/aromatic N) is 4. The Bertz CT molecular complexity index is 1100. The van der Waals surface area contributed by atoms with Crippen LogP contribution in [-0.2, 0) is 20.9 Å². The van der Waals surface area contributed by atoms with Gasteiger partial charge in [-0.1, -0.05) is 23.7 Å². The Kier molecular flexibility index (Phi) is 7.98. The Hall–Kier alpha value is -3.92. The van der Waals surface area contributed by atoms with Gasteiger partial charge in [0.05, 0.1) is 24.1 Å². The van der Waals surface area contributed by atoms with Crippen molar-refractivity contribution in [1.29, 1.82) is 0 Å². The van der Waals surface area contributed by atoms with Gasteiger partial charge in [-0.2, -0.15) is 0 Å². The second-order valence-corrected chi connectivity index (χ2v) is 7.35. The fourth-order valence-corrected chi connectivity index (χ4v) is 2.94. The monoisotopic (exact) mass is 471 g/mol. The van der Waals surface area contributed by atoms with Gasteiger partial charge in [0.2, 0.25) is 0 Å². The number of hydrogen-bond donors (Lipinski definition) is 1. The van der Waals surface area contributed by atoms with E-state index in [-0.39, 0.29) is 24.1 Å². The maximum Gasteiger partial charge on any atom is 0.326 e. The molecule has 0 fully saturated rings. The SMILES string of the molecule is CN(CC(=O)OCC(=O)N(C)c1ccccc1C(=O)NCc1ccco1)c1ccc(Cl)nn1. The molecule has 0 atom stereocenters. The van der Waals surface area contributed by atoms with Crippen molar-refractivity contribution in [3.8, 4) is 0 Å². The molecule has 0 saturated heterocycles. The molecule has 0 bridgehead atoms. The summed E-state index contributed by atoms with van der Waals surface area (Å²) in [6, 6.07) is 13.3. The number of amides is 2. The van der Waals surface area contributed by atoms with E-state index in [1.54, 1.807) is 55.6 Å². The molecule has 0 aliphatic carbocycles. The average Bonchev–Trinajstić information content (AvgIpc) is 3.34. The number of esters is 1. The van der Waals surface area contributed by atoms with Crippen LogP contribution in [-0.4, -0.2) is 55.2 Å². The number of hydrogen-bond acceptors (Lipinski definition) is 8. The summed E-state index contributed by atoms with van der Waals surface area (Å²) >= 11 is 5.70. The van der Waals surface area contributed by atoms with E-state index < -0.39 is 18.5 Å². The maximum absolute atomic E-state index is 12.6. The van der Waals surface area contributed by atoms with Crippen molar-refractivity contribution < 1.29 is 23.5 Å². The first kappa shape index (κ1) is 23.7. The number of halogens is 1. The van der Waals surface area contributed by atoms with Crippen LogP contribution in [0.25, 0.3) is 0 Å². The second-order valence-electron chi connectivity index (χ2n) is 6.96. The fraction of sp³-hybridized carbons (Fsp3) is 0.227. The number of aromatic nitrogens is 2. The van der Waals surface area contributed by atoms with E-state index in [1.807, 2.05) is 0 Å². The number of ether oxygens (including phenoxy) is 1. The number of nitrogens with one attached hydrogen (secondary N) is 1. The highest BCUT2D eigenvalue weighted by Gasteiger charge is 2.20. The van der Waals surface area contributed by atoms with Gasteiger partial charge >= 0.3 is 5.97 Å². The van der Waals surface area contributed by atoms with Gasteiger partial charge in [-0.15, -0.1) is 10.2 Å². The van der Waals surface area contributed by atoms with Crippen molar-refractivity contribution in [2.24, 2.45) is 0 Å². The molecule has 0 radical (unpaired) electrons. The molecular formula is C22H22ClN5O5. The van der Waals surface area contributed by atoms with E-state index in [2.05, 4.69) is 15.5 Å². The molecular weight excluding hydrogens is 450 g/mol. The summed E-state index contributed by atoms with van der Waals surface area (Å²) in [6.45, 7) is -0.419. The summed E-state index contributed by atoms with van der Waals surface area (Å²) in [5, 5.41) is 10.6. The van der Waals surface area contributed by atoms with Crippen LogP contribution in [0.2, 0.25) is 5.15 Å². The lowest BCUT2D eigenvalue weighted by atomic mass is 10.1. The molecule has 0 saturated carbocycles. The third kappa shape index (κ3) is 6.53. The maximum atomic E-state index is 12.6. The van der Waals surface area contributed by atoms with Gasteiger partial charge in [-0.25, -0.2) is 0 Å². The lowest BCUT2D eigenvalue weighted by molar-refractivity contribution is -0.146. The first-order valence-electron chi connectivity index (χ1n) is 9.87. The van der Waals surface area contributed by atoms with E-state index in [1.165, 1.54) is 23.1 Å². The minimum atomic E-state index is -0.625. The zero-order chi connectivity index (χ0) is 23.8. The Morgan fingerprint density at radius 1 is 1.06 bits per heavy atom. The van der Waals surface area contributed by atoms with Crippen LogP contribution in [0.5, 0.6) is 0 Å². The van der Waals surface area contributed by atoms with Crippen LogP contribution in [0.1, 0.15) is 16.1 Å². The van der Waals surface area contributed by atoms with E-state index >= 15 is 0 Å². The number of anilines is 2. The van der Waals surface area contributed by atoms with E-state index in [9.17, 15) is 14.4 Å². The predicted octanol–water partition coefficient (Wildman–Crippen LogP) is 2.30. The van der Waals surface area contributed by atoms with Crippen molar-refractivity contribution >= 4 is 40.9 Å².